The molecule has 0 aliphatic rings. The number of carbonyl (C=O) groups excluding carboxylic acids is 1. The lowest BCUT2D eigenvalue weighted by Crippen LogP contribution is -2.34. The van der Waals surface area contributed by atoms with Gasteiger partial charge in [-0.05, 0) is 37.3 Å². The van der Waals surface area contributed by atoms with E-state index in [0.717, 1.165) is 24.3 Å². The number of hydrogen-bond acceptors (Lipinski definition) is 3. The van der Waals surface area contributed by atoms with Gasteiger partial charge in [-0.3, -0.25) is 4.79 Å². The van der Waals surface area contributed by atoms with Crippen LogP contribution in [0, 0.1) is 18.3 Å². The first-order valence-corrected chi connectivity index (χ1v) is 7.28. The van der Waals surface area contributed by atoms with E-state index in [0.29, 0.717) is 6.54 Å². The third kappa shape index (κ3) is 5.59. The van der Waals surface area contributed by atoms with Gasteiger partial charge in [-0.15, -0.1) is 0 Å². The number of anilines is 1. The second kappa shape index (κ2) is 7.27. The number of aromatic nitrogens is 1. The van der Waals surface area contributed by atoms with Crippen LogP contribution in [0.2, 0.25) is 0 Å². The monoisotopic (exact) mass is 277 g/mol. The van der Waals surface area contributed by atoms with Crippen molar-refractivity contribution in [1.29, 1.82) is 0 Å². The first kappa shape index (κ1) is 16.5. The van der Waals surface area contributed by atoms with Crippen LogP contribution in [0.3, 0.4) is 0 Å². The van der Waals surface area contributed by atoms with Gasteiger partial charge in [0.25, 0.3) is 0 Å². The van der Waals surface area contributed by atoms with Crippen LogP contribution in [0.5, 0.6) is 0 Å². The highest BCUT2D eigenvalue weighted by Gasteiger charge is 2.24. The Labute approximate surface area is 122 Å². The molecule has 2 N–H and O–H groups in total. The van der Waals surface area contributed by atoms with Crippen LogP contribution in [0.1, 0.15) is 39.7 Å². The predicted molar refractivity (Wildman–Crippen MR) is 83.7 cm³/mol. The molecular formula is C16H27N3O. The fourth-order valence-corrected chi connectivity index (χ4v) is 2.24. The van der Waals surface area contributed by atoms with Crippen LogP contribution < -0.4 is 10.6 Å². The maximum atomic E-state index is 11.8. The SMILES string of the molecule is CCNC(=O)C(C)CC(C)(C)CNc1ccc(C)cn1. The minimum atomic E-state index is 0.0257. The van der Waals surface area contributed by atoms with Crippen LogP contribution in [0.15, 0.2) is 18.3 Å². The predicted octanol–water partition coefficient (Wildman–Crippen LogP) is 2.99. The lowest BCUT2D eigenvalue weighted by Gasteiger charge is -2.28. The van der Waals surface area contributed by atoms with Gasteiger partial charge < -0.3 is 10.6 Å². The molecule has 0 aliphatic carbocycles. The molecule has 112 valence electrons. The lowest BCUT2D eigenvalue weighted by molar-refractivity contribution is -0.125. The van der Waals surface area contributed by atoms with E-state index < -0.39 is 0 Å². The molecule has 4 heteroatoms. The summed E-state index contributed by atoms with van der Waals surface area (Å²) in [6, 6.07) is 4.03. The van der Waals surface area contributed by atoms with Gasteiger partial charge in [-0.25, -0.2) is 4.98 Å². The molecule has 0 saturated carbocycles. The molecular weight excluding hydrogens is 250 g/mol. The normalized spacial score (nSPS) is 12.8. The molecule has 20 heavy (non-hydrogen) atoms. The van der Waals surface area contributed by atoms with Gasteiger partial charge in [0, 0.05) is 25.2 Å². The fourth-order valence-electron chi connectivity index (χ4n) is 2.24. The van der Waals surface area contributed by atoms with Gasteiger partial charge in [0.15, 0.2) is 0 Å². The zero-order chi connectivity index (χ0) is 15.2. The van der Waals surface area contributed by atoms with E-state index in [1.54, 1.807) is 0 Å². The highest BCUT2D eigenvalue weighted by Crippen LogP contribution is 2.26. The zero-order valence-electron chi connectivity index (χ0n) is 13.3. The molecule has 1 rings (SSSR count). The van der Waals surface area contributed by atoms with Crippen molar-refractivity contribution in [3.8, 4) is 0 Å². The summed E-state index contributed by atoms with van der Waals surface area (Å²) in [5.41, 5.74) is 1.19. The summed E-state index contributed by atoms with van der Waals surface area (Å²) >= 11 is 0. The maximum absolute atomic E-state index is 11.8. The van der Waals surface area contributed by atoms with Crippen molar-refractivity contribution in [2.75, 3.05) is 18.4 Å². The Balaban J connectivity index is 2.48. The number of nitrogens with zero attached hydrogens (tertiary/aromatic N) is 1. The Morgan fingerprint density at radius 1 is 1.40 bits per heavy atom. The van der Waals surface area contributed by atoms with Crippen molar-refractivity contribution < 1.29 is 4.79 Å². The number of carbonyl (C=O) groups is 1. The van der Waals surface area contributed by atoms with Crippen LogP contribution in [-0.2, 0) is 4.79 Å². The number of amides is 1. The van der Waals surface area contributed by atoms with Crippen molar-refractivity contribution >= 4 is 11.7 Å². The van der Waals surface area contributed by atoms with Gasteiger partial charge in [0.2, 0.25) is 5.91 Å². The van der Waals surface area contributed by atoms with E-state index >= 15 is 0 Å². The quantitative estimate of drug-likeness (QED) is 0.805. The first-order chi connectivity index (χ1) is 9.34. The highest BCUT2D eigenvalue weighted by molar-refractivity contribution is 5.78. The van der Waals surface area contributed by atoms with E-state index in [2.05, 4.69) is 29.5 Å². The van der Waals surface area contributed by atoms with E-state index in [1.165, 1.54) is 0 Å². The van der Waals surface area contributed by atoms with Gasteiger partial charge in [0.05, 0.1) is 0 Å². The number of pyridine rings is 1. The van der Waals surface area contributed by atoms with Crippen molar-refractivity contribution in [2.24, 2.45) is 11.3 Å². The topological polar surface area (TPSA) is 54.0 Å². The first-order valence-electron chi connectivity index (χ1n) is 7.28. The Hall–Kier alpha value is -1.58. The number of nitrogens with one attached hydrogen (secondary N) is 2. The summed E-state index contributed by atoms with van der Waals surface area (Å²) in [7, 11) is 0. The molecule has 0 spiro atoms. The molecule has 1 atom stereocenters. The number of rotatable bonds is 7. The summed E-state index contributed by atoms with van der Waals surface area (Å²) in [5, 5.41) is 6.22. The van der Waals surface area contributed by atoms with Crippen molar-refractivity contribution in [2.45, 2.75) is 41.0 Å². The Kier molecular flexibility index (Phi) is 5.99. The lowest BCUT2D eigenvalue weighted by atomic mass is 9.83. The third-order valence-electron chi connectivity index (χ3n) is 3.32. The molecule has 0 saturated heterocycles. The smallest absolute Gasteiger partial charge is 0.222 e. The average molecular weight is 277 g/mol. The van der Waals surface area contributed by atoms with Gasteiger partial charge in [-0.1, -0.05) is 26.8 Å². The van der Waals surface area contributed by atoms with Crippen molar-refractivity contribution in [1.82, 2.24) is 10.3 Å². The molecule has 1 aromatic heterocycles. The molecule has 1 heterocycles. The van der Waals surface area contributed by atoms with Crippen LogP contribution in [0.4, 0.5) is 5.82 Å². The molecule has 0 aromatic carbocycles. The van der Waals surface area contributed by atoms with Crippen LogP contribution in [0.25, 0.3) is 0 Å². The average Bonchev–Trinajstić information content (AvgIpc) is 2.38. The van der Waals surface area contributed by atoms with Crippen LogP contribution in [-0.4, -0.2) is 24.0 Å². The molecule has 0 radical (unpaired) electrons. The fraction of sp³-hybridized carbons (Fsp3) is 0.625. The van der Waals surface area contributed by atoms with Crippen molar-refractivity contribution in [3.05, 3.63) is 23.9 Å². The van der Waals surface area contributed by atoms with E-state index in [1.807, 2.05) is 39.1 Å². The van der Waals surface area contributed by atoms with E-state index in [-0.39, 0.29) is 17.2 Å². The molecule has 0 aliphatic heterocycles. The van der Waals surface area contributed by atoms with E-state index in [9.17, 15) is 4.79 Å². The van der Waals surface area contributed by atoms with Gasteiger partial charge in [0.1, 0.15) is 5.82 Å². The minimum absolute atomic E-state index is 0.0257. The summed E-state index contributed by atoms with van der Waals surface area (Å²) < 4.78 is 0. The van der Waals surface area contributed by atoms with Gasteiger partial charge in [-0.2, -0.15) is 0 Å². The highest BCUT2D eigenvalue weighted by atomic mass is 16.1. The number of hydrogen-bond donors (Lipinski definition) is 2. The second-order valence-corrected chi connectivity index (χ2v) is 6.24. The Morgan fingerprint density at radius 3 is 2.65 bits per heavy atom. The zero-order valence-corrected chi connectivity index (χ0v) is 13.3. The third-order valence-corrected chi connectivity index (χ3v) is 3.32. The largest absolute Gasteiger partial charge is 0.370 e. The summed E-state index contributed by atoms with van der Waals surface area (Å²) in [6.45, 7) is 11.8. The molecule has 1 unspecified atom stereocenters. The standard InChI is InChI=1S/C16H27N3O/c1-6-17-15(20)13(3)9-16(4,5)11-19-14-8-7-12(2)10-18-14/h7-8,10,13H,6,9,11H2,1-5H3,(H,17,20)(H,18,19). The minimum Gasteiger partial charge on any atom is -0.370 e. The Bertz CT molecular complexity index is 426. The summed E-state index contributed by atoms with van der Waals surface area (Å²) in [6.07, 6.45) is 2.70. The molecule has 0 bridgehead atoms. The van der Waals surface area contributed by atoms with Gasteiger partial charge >= 0.3 is 0 Å². The van der Waals surface area contributed by atoms with E-state index in [4.69, 9.17) is 0 Å². The summed E-state index contributed by atoms with van der Waals surface area (Å²) in [5.74, 6) is 1.04. The molecule has 4 nitrogen and oxygen atoms in total. The maximum Gasteiger partial charge on any atom is 0.222 e. The number of aryl methyl sites for hydroxylation is 1. The Morgan fingerprint density at radius 2 is 2.10 bits per heavy atom. The molecule has 1 aromatic rings. The second-order valence-electron chi connectivity index (χ2n) is 6.24. The van der Waals surface area contributed by atoms with Crippen LogP contribution >= 0.6 is 0 Å². The van der Waals surface area contributed by atoms with Crippen molar-refractivity contribution in [3.63, 3.8) is 0 Å². The molecule has 0 fully saturated rings. The molecule has 1 amide bonds. The summed E-state index contributed by atoms with van der Waals surface area (Å²) in [4.78, 5) is 16.1.